The molecule has 1 aliphatic heterocycles. The summed E-state index contributed by atoms with van der Waals surface area (Å²) < 4.78 is 15.3. The third-order valence-electron chi connectivity index (χ3n) is 4.87. The molecule has 0 unspecified atom stereocenters. The van der Waals surface area contributed by atoms with E-state index < -0.39 is 0 Å². The van der Waals surface area contributed by atoms with Gasteiger partial charge >= 0.3 is 5.97 Å². The number of esters is 1. The summed E-state index contributed by atoms with van der Waals surface area (Å²) >= 11 is 0. The average Bonchev–Trinajstić information content (AvgIpc) is 2.72. The maximum atomic E-state index is 12.4. The molecule has 0 radical (unpaired) electrons. The Morgan fingerprint density at radius 1 is 1.07 bits per heavy atom. The van der Waals surface area contributed by atoms with Gasteiger partial charge in [0.05, 0.1) is 33.7 Å². The van der Waals surface area contributed by atoms with Gasteiger partial charge in [0.25, 0.3) is 0 Å². The number of ether oxygens (including phenoxy) is 3. The number of likely N-dealkylation sites (tertiary alicyclic amines) is 1. The molecule has 0 saturated carbocycles. The molecule has 160 valence electrons. The van der Waals surface area contributed by atoms with E-state index in [-0.39, 0.29) is 43.1 Å². The molecule has 1 heterocycles. The first-order chi connectivity index (χ1) is 14.0. The molecule has 1 aliphatic rings. The smallest absolute Gasteiger partial charge is 0.306 e. The van der Waals surface area contributed by atoms with E-state index in [4.69, 9.17) is 14.2 Å². The van der Waals surface area contributed by atoms with Gasteiger partial charge in [0.15, 0.2) is 11.5 Å². The van der Waals surface area contributed by atoms with E-state index in [1.807, 2.05) is 6.07 Å². The van der Waals surface area contributed by atoms with E-state index >= 15 is 0 Å². The third-order valence-corrected chi connectivity index (χ3v) is 4.87. The van der Waals surface area contributed by atoms with Crippen molar-refractivity contribution in [2.24, 2.45) is 0 Å². The lowest BCUT2D eigenvalue weighted by atomic mass is 10.0. The number of hydrogen-bond acceptors (Lipinski definition) is 6. The summed E-state index contributed by atoms with van der Waals surface area (Å²) in [7, 11) is 3.13. The molecule has 0 atom stereocenters. The zero-order valence-corrected chi connectivity index (χ0v) is 17.4. The fraction of sp³-hybridized carbons (Fsp3) is 0.571. The molecule has 1 aromatic rings. The zero-order valence-electron chi connectivity index (χ0n) is 17.4. The summed E-state index contributed by atoms with van der Waals surface area (Å²) in [6.45, 7) is 3.21. The number of rotatable bonds is 9. The SMILES string of the molecule is CCOC(=O)CCC(=O)N1CCC(NC(=O)Cc2ccc(OC)c(OC)c2)CC1. The molecule has 8 heteroatoms. The van der Waals surface area contributed by atoms with Crippen LogP contribution in [-0.4, -0.2) is 62.6 Å². The van der Waals surface area contributed by atoms with Crippen molar-refractivity contribution in [1.82, 2.24) is 10.2 Å². The molecule has 1 N–H and O–H groups in total. The number of nitrogens with one attached hydrogen (secondary N) is 1. The number of carbonyl (C=O) groups excluding carboxylic acids is 3. The molecule has 0 aliphatic carbocycles. The number of piperidine rings is 1. The summed E-state index contributed by atoms with van der Waals surface area (Å²) in [6, 6.07) is 5.45. The molecular formula is C21H30N2O6. The topological polar surface area (TPSA) is 94.2 Å². The predicted octanol–water partition coefficient (Wildman–Crippen LogP) is 1.70. The summed E-state index contributed by atoms with van der Waals surface area (Å²) in [4.78, 5) is 37.7. The Morgan fingerprint density at radius 2 is 1.76 bits per heavy atom. The summed E-state index contributed by atoms with van der Waals surface area (Å²) in [6.07, 6.45) is 1.91. The number of benzene rings is 1. The van der Waals surface area contributed by atoms with E-state index in [0.717, 1.165) is 5.56 Å². The summed E-state index contributed by atoms with van der Waals surface area (Å²) in [5, 5.41) is 3.04. The lowest BCUT2D eigenvalue weighted by Gasteiger charge is -2.32. The molecule has 8 nitrogen and oxygen atoms in total. The van der Waals surface area contributed by atoms with Gasteiger partial charge in [0.2, 0.25) is 11.8 Å². The predicted molar refractivity (Wildman–Crippen MR) is 107 cm³/mol. The standard InChI is InChI=1S/C21H30N2O6/c1-4-29-21(26)8-7-20(25)23-11-9-16(10-12-23)22-19(24)14-15-5-6-17(27-2)18(13-15)28-3/h5-6,13,16H,4,7-12,14H2,1-3H3,(H,22,24). The van der Waals surface area contributed by atoms with Crippen LogP contribution in [0.5, 0.6) is 11.5 Å². The molecule has 0 aromatic heterocycles. The van der Waals surface area contributed by atoms with E-state index in [0.29, 0.717) is 44.0 Å². The quantitative estimate of drug-likeness (QED) is 0.628. The number of amides is 2. The van der Waals surface area contributed by atoms with Crippen LogP contribution >= 0.6 is 0 Å². The zero-order chi connectivity index (χ0) is 21.2. The van der Waals surface area contributed by atoms with Gasteiger partial charge in [-0.2, -0.15) is 0 Å². The van der Waals surface area contributed by atoms with Gasteiger partial charge in [-0.25, -0.2) is 0 Å². The van der Waals surface area contributed by atoms with Crippen LogP contribution in [0.3, 0.4) is 0 Å². The van der Waals surface area contributed by atoms with Gasteiger partial charge in [-0.1, -0.05) is 6.07 Å². The second kappa shape index (κ2) is 11.3. The molecule has 2 rings (SSSR count). The van der Waals surface area contributed by atoms with Gasteiger partial charge in [-0.05, 0) is 37.5 Å². The van der Waals surface area contributed by atoms with Crippen molar-refractivity contribution < 1.29 is 28.6 Å². The molecule has 1 saturated heterocycles. The van der Waals surface area contributed by atoms with Gasteiger partial charge in [0.1, 0.15) is 0 Å². The minimum Gasteiger partial charge on any atom is -0.493 e. The average molecular weight is 406 g/mol. The normalized spacial score (nSPS) is 14.2. The van der Waals surface area contributed by atoms with Gasteiger partial charge in [-0.3, -0.25) is 14.4 Å². The molecule has 2 amide bonds. The maximum Gasteiger partial charge on any atom is 0.306 e. The second-order valence-corrected chi connectivity index (χ2v) is 6.89. The van der Waals surface area contributed by atoms with Crippen molar-refractivity contribution >= 4 is 17.8 Å². The van der Waals surface area contributed by atoms with Gasteiger partial charge in [0, 0.05) is 25.6 Å². The van der Waals surface area contributed by atoms with Crippen molar-refractivity contribution in [3.63, 3.8) is 0 Å². The van der Waals surface area contributed by atoms with Crippen LogP contribution in [0.4, 0.5) is 0 Å². The highest BCUT2D eigenvalue weighted by molar-refractivity contribution is 5.81. The summed E-state index contributed by atoms with van der Waals surface area (Å²) in [5.74, 6) is 0.750. The maximum absolute atomic E-state index is 12.4. The van der Waals surface area contributed by atoms with Crippen molar-refractivity contribution in [3.05, 3.63) is 23.8 Å². The molecule has 29 heavy (non-hydrogen) atoms. The highest BCUT2D eigenvalue weighted by atomic mass is 16.5. The van der Waals surface area contributed by atoms with Crippen LogP contribution in [0.15, 0.2) is 18.2 Å². The number of hydrogen-bond donors (Lipinski definition) is 1. The number of methoxy groups -OCH3 is 2. The van der Waals surface area contributed by atoms with Crippen LogP contribution in [0.25, 0.3) is 0 Å². The van der Waals surface area contributed by atoms with Crippen molar-refractivity contribution in [1.29, 1.82) is 0 Å². The lowest BCUT2D eigenvalue weighted by molar-refractivity contribution is -0.146. The molecule has 0 spiro atoms. The Morgan fingerprint density at radius 3 is 2.38 bits per heavy atom. The fourth-order valence-corrected chi connectivity index (χ4v) is 3.33. The first-order valence-corrected chi connectivity index (χ1v) is 9.90. The third kappa shape index (κ3) is 6.96. The Kier molecular flexibility index (Phi) is 8.76. The van der Waals surface area contributed by atoms with Crippen LogP contribution < -0.4 is 14.8 Å². The first kappa shape index (κ1) is 22.5. The Hall–Kier alpha value is -2.77. The summed E-state index contributed by atoms with van der Waals surface area (Å²) in [5.41, 5.74) is 0.840. The molecule has 1 fully saturated rings. The number of nitrogens with zero attached hydrogens (tertiary/aromatic N) is 1. The van der Waals surface area contributed by atoms with Crippen LogP contribution in [-0.2, 0) is 25.5 Å². The Bertz CT molecular complexity index is 713. The van der Waals surface area contributed by atoms with E-state index in [9.17, 15) is 14.4 Å². The second-order valence-electron chi connectivity index (χ2n) is 6.89. The van der Waals surface area contributed by atoms with Crippen LogP contribution in [0.1, 0.15) is 38.2 Å². The highest BCUT2D eigenvalue weighted by Crippen LogP contribution is 2.27. The van der Waals surface area contributed by atoms with Gasteiger partial charge < -0.3 is 24.4 Å². The van der Waals surface area contributed by atoms with Crippen LogP contribution in [0.2, 0.25) is 0 Å². The van der Waals surface area contributed by atoms with E-state index in [2.05, 4.69) is 5.32 Å². The highest BCUT2D eigenvalue weighted by Gasteiger charge is 2.24. The van der Waals surface area contributed by atoms with Crippen molar-refractivity contribution in [2.45, 2.75) is 45.1 Å². The van der Waals surface area contributed by atoms with E-state index in [1.54, 1.807) is 38.2 Å². The minimum atomic E-state index is -0.349. The first-order valence-electron chi connectivity index (χ1n) is 9.90. The molecule has 1 aromatic carbocycles. The van der Waals surface area contributed by atoms with Crippen molar-refractivity contribution in [3.8, 4) is 11.5 Å². The Balaban J connectivity index is 1.75. The molecular weight excluding hydrogens is 376 g/mol. The largest absolute Gasteiger partial charge is 0.493 e. The fourth-order valence-electron chi connectivity index (χ4n) is 3.33. The number of carbonyl (C=O) groups is 3. The minimum absolute atomic E-state index is 0.0387. The van der Waals surface area contributed by atoms with E-state index in [1.165, 1.54) is 0 Å². The Labute approximate surface area is 171 Å². The lowest BCUT2D eigenvalue weighted by Crippen LogP contribution is -2.46. The van der Waals surface area contributed by atoms with Crippen molar-refractivity contribution in [2.75, 3.05) is 33.9 Å². The molecule has 0 bridgehead atoms. The van der Waals surface area contributed by atoms with Gasteiger partial charge in [-0.15, -0.1) is 0 Å². The van der Waals surface area contributed by atoms with Crippen LogP contribution in [0, 0.1) is 0 Å². The monoisotopic (exact) mass is 406 g/mol.